The first-order chi connectivity index (χ1) is 7.76. The highest BCUT2D eigenvalue weighted by atomic mass is 19.4. The molecule has 0 bridgehead atoms. The minimum absolute atomic E-state index is 0.120. The molecule has 0 aromatic heterocycles. The van der Waals surface area contributed by atoms with Crippen molar-refractivity contribution in [2.24, 2.45) is 5.92 Å². The molecule has 1 amide bonds. The molecule has 1 atom stereocenters. The largest absolute Gasteiger partial charge is 0.411 e. The van der Waals surface area contributed by atoms with Gasteiger partial charge in [0.2, 0.25) is 5.91 Å². The van der Waals surface area contributed by atoms with Crippen molar-refractivity contribution in [2.75, 3.05) is 26.8 Å². The number of halogens is 3. The van der Waals surface area contributed by atoms with Crippen LogP contribution in [0.2, 0.25) is 0 Å². The standard InChI is InChI=1S/C10H15F3N2O2/c1-8(5-14)6-15(2)9(16)3-4-17-7-10(11,12)13/h8H,3-4,6-7H2,1-2H3. The van der Waals surface area contributed by atoms with Gasteiger partial charge >= 0.3 is 6.18 Å². The number of hydrogen-bond acceptors (Lipinski definition) is 3. The van der Waals surface area contributed by atoms with Gasteiger partial charge in [0.25, 0.3) is 0 Å². The van der Waals surface area contributed by atoms with Gasteiger partial charge < -0.3 is 9.64 Å². The Morgan fingerprint density at radius 3 is 2.59 bits per heavy atom. The number of amides is 1. The predicted octanol–water partition coefficient (Wildman–Crippen LogP) is 1.57. The lowest BCUT2D eigenvalue weighted by atomic mass is 10.2. The van der Waals surface area contributed by atoms with Crippen LogP contribution in [-0.2, 0) is 9.53 Å². The van der Waals surface area contributed by atoms with Crippen LogP contribution >= 0.6 is 0 Å². The summed E-state index contributed by atoms with van der Waals surface area (Å²) in [7, 11) is 1.50. The number of nitrogens with zero attached hydrogens (tertiary/aromatic N) is 2. The summed E-state index contributed by atoms with van der Waals surface area (Å²) in [5.41, 5.74) is 0. The number of alkyl halides is 3. The highest BCUT2D eigenvalue weighted by Crippen LogP contribution is 2.14. The Morgan fingerprint density at radius 2 is 2.12 bits per heavy atom. The number of carbonyl (C=O) groups excluding carboxylic acids is 1. The van der Waals surface area contributed by atoms with Crippen molar-refractivity contribution in [1.29, 1.82) is 5.26 Å². The number of ether oxygens (including phenoxy) is 1. The van der Waals surface area contributed by atoms with Crippen LogP contribution in [0.5, 0.6) is 0 Å². The minimum Gasteiger partial charge on any atom is -0.372 e. The second-order valence-electron chi connectivity index (χ2n) is 3.72. The quantitative estimate of drug-likeness (QED) is 0.674. The molecule has 0 aliphatic rings. The maximum atomic E-state index is 11.7. The third-order valence-electron chi connectivity index (χ3n) is 1.92. The second-order valence-corrected chi connectivity index (χ2v) is 3.72. The summed E-state index contributed by atoms with van der Waals surface area (Å²) in [5, 5.41) is 8.53. The van der Waals surface area contributed by atoms with Crippen LogP contribution < -0.4 is 0 Å². The van der Waals surface area contributed by atoms with E-state index in [-0.39, 0.29) is 31.4 Å². The van der Waals surface area contributed by atoms with Crippen LogP contribution in [0.15, 0.2) is 0 Å². The lowest BCUT2D eigenvalue weighted by Crippen LogP contribution is -2.31. The Balaban J connectivity index is 3.76. The van der Waals surface area contributed by atoms with E-state index in [0.29, 0.717) is 0 Å². The smallest absolute Gasteiger partial charge is 0.372 e. The molecule has 98 valence electrons. The zero-order valence-electron chi connectivity index (χ0n) is 9.75. The normalized spacial score (nSPS) is 12.9. The van der Waals surface area contributed by atoms with E-state index in [2.05, 4.69) is 4.74 Å². The van der Waals surface area contributed by atoms with Gasteiger partial charge in [0.1, 0.15) is 6.61 Å². The van der Waals surface area contributed by atoms with Crippen LogP contribution in [0.4, 0.5) is 13.2 Å². The predicted molar refractivity (Wildman–Crippen MR) is 53.9 cm³/mol. The summed E-state index contributed by atoms with van der Waals surface area (Å²) in [6.45, 7) is 0.292. The maximum absolute atomic E-state index is 11.7. The van der Waals surface area contributed by atoms with Gasteiger partial charge in [-0.05, 0) is 6.92 Å². The van der Waals surface area contributed by atoms with Crippen molar-refractivity contribution in [1.82, 2.24) is 4.90 Å². The van der Waals surface area contributed by atoms with Gasteiger partial charge in [0, 0.05) is 13.6 Å². The molecule has 0 saturated heterocycles. The van der Waals surface area contributed by atoms with Crippen molar-refractivity contribution in [3.63, 3.8) is 0 Å². The van der Waals surface area contributed by atoms with Crippen LogP contribution in [0, 0.1) is 17.2 Å². The van der Waals surface area contributed by atoms with E-state index in [1.165, 1.54) is 11.9 Å². The summed E-state index contributed by atoms with van der Waals surface area (Å²) in [6, 6.07) is 1.96. The molecule has 4 nitrogen and oxygen atoms in total. The summed E-state index contributed by atoms with van der Waals surface area (Å²) in [5.74, 6) is -0.644. The van der Waals surface area contributed by atoms with E-state index in [4.69, 9.17) is 5.26 Å². The highest BCUT2D eigenvalue weighted by Gasteiger charge is 2.27. The Labute approximate surface area is 97.9 Å². The summed E-state index contributed by atoms with van der Waals surface area (Å²) >= 11 is 0. The molecule has 0 aromatic rings. The minimum atomic E-state index is -4.37. The Kier molecular flexibility index (Phi) is 6.58. The summed E-state index contributed by atoms with van der Waals surface area (Å²) in [6.07, 6.45) is -4.49. The molecule has 0 aliphatic carbocycles. The topological polar surface area (TPSA) is 53.3 Å². The fraction of sp³-hybridized carbons (Fsp3) is 0.800. The van der Waals surface area contributed by atoms with E-state index in [9.17, 15) is 18.0 Å². The fourth-order valence-electron chi connectivity index (χ4n) is 1.09. The van der Waals surface area contributed by atoms with Crippen LogP contribution in [-0.4, -0.2) is 43.8 Å². The van der Waals surface area contributed by atoms with Crippen LogP contribution in [0.3, 0.4) is 0 Å². The molecule has 7 heteroatoms. The van der Waals surface area contributed by atoms with Crippen molar-refractivity contribution in [2.45, 2.75) is 19.5 Å². The fourth-order valence-corrected chi connectivity index (χ4v) is 1.09. The summed E-state index contributed by atoms with van der Waals surface area (Å²) < 4.78 is 39.4. The molecule has 1 unspecified atom stereocenters. The van der Waals surface area contributed by atoms with Crippen molar-refractivity contribution < 1.29 is 22.7 Å². The van der Waals surface area contributed by atoms with Gasteiger partial charge in [-0.1, -0.05) is 0 Å². The molecular weight excluding hydrogens is 237 g/mol. The monoisotopic (exact) mass is 252 g/mol. The highest BCUT2D eigenvalue weighted by molar-refractivity contribution is 5.75. The van der Waals surface area contributed by atoms with Crippen molar-refractivity contribution in [3.05, 3.63) is 0 Å². The average molecular weight is 252 g/mol. The van der Waals surface area contributed by atoms with E-state index in [1.54, 1.807) is 6.92 Å². The van der Waals surface area contributed by atoms with Crippen molar-refractivity contribution >= 4 is 5.91 Å². The molecule has 0 fully saturated rings. The number of hydrogen-bond donors (Lipinski definition) is 0. The van der Waals surface area contributed by atoms with Gasteiger partial charge in [-0.2, -0.15) is 18.4 Å². The van der Waals surface area contributed by atoms with Gasteiger partial charge in [-0.3, -0.25) is 4.79 Å². The van der Waals surface area contributed by atoms with Gasteiger partial charge in [0.15, 0.2) is 0 Å². The third kappa shape index (κ3) is 8.51. The molecule has 0 rings (SSSR count). The third-order valence-corrected chi connectivity index (χ3v) is 1.92. The van der Waals surface area contributed by atoms with Crippen LogP contribution in [0.25, 0.3) is 0 Å². The Morgan fingerprint density at radius 1 is 1.53 bits per heavy atom. The zero-order chi connectivity index (χ0) is 13.5. The van der Waals surface area contributed by atoms with Gasteiger partial charge in [-0.25, -0.2) is 0 Å². The number of rotatable bonds is 6. The van der Waals surface area contributed by atoms with E-state index < -0.39 is 12.8 Å². The van der Waals surface area contributed by atoms with E-state index in [0.717, 1.165) is 0 Å². The van der Waals surface area contributed by atoms with Gasteiger partial charge in [0.05, 0.1) is 25.0 Å². The zero-order valence-corrected chi connectivity index (χ0v) is 9.75. The molecule has 0 spiro atoms. The maximum Gasteiger partial charge on any atom is 0.411 e. The van der Waals surface area contributed by atoms with E-state index >= 15 is 0 Å². The second kappa shape index (κ2) is 7.12. The van der Waals surface area contributed by atoms with Crippen molar-refractivity contribution in [3.8, 4) is 6.07 Å². The average Bonchev–Trinajstić information content (AvgIpc) is 2.22. The molecule has 0 radical (unpaired) electrons. The first kappa shape index (κ1) is 15.7. The molecule has 17 heavy (non-hydrogen) atoms. The molecule has 0 saturated carbocycles. The first-order valence-corrected chi connectivity index (χ1v) is 5.04. The Hall–Kier alpha value is -1.29. The van der Waals surface area contributed by atoms with E-state index in [1.807, 2.05) is 6.07 Å². The molecule has 0 aromatic carbocycles. The van der Waals surface area contributed by atoms with Crippen LogP contribution in [0.1, 0.15) is 13.3 Å². The SMILES string of the molecule is CC(C#N)CN(C)C(=O)CCOCC(F)(F)F. The first-order valence-electron chi connectivity index (χ1n) is 5.04. The molecular formula is C10H15F3N2O2. The molecule has 0 heterocycles. The van der Waals surface area contributed by atoms with Gasteiger partial charge in [-0.15, -0.1) is 0 Å². The Bertz CT molecular complexity index is 286. The lowest BCUT2D eigenvalue weighted by Gasteiger charge is -2.18. The number of nitriles is 1. The lowest BCUT2D eigenvalue weighted by molar-refractivity contribution is -0.175. The molecule has 0 aliphatic heterocycles. The number of carbonyl (C=O) groups is 1. The summed E-state index contributed by atoms with van der Waals surface area (Å²) in [4.78, 5) is 12.7. The molecule has 0 N–H and O–H groups in total.